The van der Waals surface area contributed by atoms with Crippen molar-refractivity contribution < 1.29 is 22.8 Å². The third-order valence-electron chi connectivity index (χ3n) is 9.78. The molecular weight excluding hydrogens is 547 g/mol. The maximum atomic E-state index is 14.1. The first-order valence-corrected chi connectivity index (χ1v) is 15.0. The van der Waals surface area contributed by atoms with Crippen molar-refractivity contribution in [2.24, 2.45) is 17.3 Å². The molecule has 2 amide bonds. The molecule has 2 N–H and O–H groups in total. The average Bonchev–Trinajstić information content (AvgIpc) is 3.46. The maximum absolute atomic E-state index is 14.1. The summed E-state index contributed by atoms with van der Waals surface area (Å²) in [6.07, 6.45) is 7.96. The van der Waals surface area contributed by atoms with Crippen molar-refractivity contribution in [3.8, 4) is 0 Å². The SMILES string of the molecule is CC(C)n1nccc1C(=O)N[C@H](c1cn2ncc(C(NC(=O)C34CC(F)(C3)C4)C3CC3)cc2n1)C1CCC(F)(F)CC1. The van der Waals surface area contributed by atoms with E-state index in [2.05, 4.69) is 20.8 Å². The summed E-state index contributed by atoms with van der Waals surface area (Å²) < 4.78 is 45.4. The van der Waals surface area contributed by atoms with E-state index in [-0.39, 0.29) is 55.5 Å². The van der Waals surface area contributed by atoms with Crippen LogP contribution in [-0.2, 0) is 4.79 Å². The van der Waals surface area contributed by atoms with Crippen LogP contribution in [0.1, 0.15) is 112 Å². The van der Waals surface area contributed by atoms with Gasteiger partial charge in [0.25, 0.3) is 5.91 Å². The lowest BCUT2D eigenvalue weighted by Crippen LogP contribution is -2.70. The third-order valence-corrected chi connectivity index (χ3v) is 9.78. The van der Waals surface area contributed by atoms with Crippen molar-refractivity contribution in [2.75, 3.05) is 0 Å². The number of amides is 2. The Kier molecular flexibility index (Phi) is 6.22. The molecule has 12 heteroatoms. The van der Waals surface area contributed by atoms with Crippen LogP contribution in [0, 0.1) is 17.3 Å². The summed E-state index contributed by atoms with van der Waals surface area (Å²) in [5.41, 5.74) is 0.610. The molecule has 2 atom stereocenters. The quantitative estimate of drug-likeness (QED) is 0.357. The van der Waals surface area contributed by atoms with Gasteiger partial charge >= 0.3 is 0 Å². The van der Waals surface area contributed by atoms with Gasteiger partial charge in [-0.3, -0.25) is 14.3 Å². The van der Waals surface area contributed by atoms with Crippen LogP contribution >= 0.6 is 0 Å². The minimum Gasteiger partial charge on any atom is -0.348 e. The van der Waals surface area contributed by atoms with Crippen molar-refractivity contribution in [3.05, 3.63) is 47.7 Å². The first-order chi connectivity index (χ1) is 19.9. The summed E-state index contributed by atoms with van der Waals surface area (Å²) in [6, 6.07) is 2.68. The van der Waals surface area contributed by atoms with Crippen molar-refractivity contribution in [3.63, 3.8) is 0 Å². The van der Waals surface area contributed by atoms with Gasteiger partial charge in [0.05, 0.1) is 35.6 Å². The lowest BCUT2D eigenvalue weighted by molar-refractivity contribution is -0.214. The van der Waals surface area contributed by atoms with Crippen molar-refractivity contribution in [1.29, 1.82) is 0 Å². The summed E-state index contributed by atoms with van der Waals surface area (Å²) in [5.74, 6) is -3.06. The number of aromatic nitrogens is 5. The smallest absolute Gasteiger partial charge is 0.270 e. The molecule has 3 heterocycles. The van der Waals surface area contributed by atoms with E-state index in [0.717, 1.165) is 18.4 Å². The van der Waals surface area contributed by atoms with Crippen LogP contribution in [-0.4, -0.2) is 47.8 Å². The van der Waals surface area contributed by atoms with Gasteiger partial charge in [-0.2, -0.15) is 10.2 Å². The molecule has 0 aromatic carbocycles. The zero-order valence-corrected chi connectivity index (χ0v) is 23.8. The zero-order valence-electron chi connectivity index (χ0n) is 23.8. The summed E-state index contributed by atoms with van der Waals surface area (Å²) in [6.45, 7) is 3.86. The van der Waals surface area contributed by atoms with Crippen molar-refractivity contribution in [1.82, 2.24) is 35.0 Å². The van der Waals surface area contributed by atoms with Gasteiger partial charge in [0.2, 0.25) is 11.8 Å². The molecule has 5 aliphatic rings. The van der Waals surface area contributed by atoms with E-state index < -0.39 is 23.0 Å². The number of nitrogens with zero attached hydrogens (tertiary/aromatic N) is 5. The molecular formula is C30H36F3N7O2. The molecule has 42 heavy (non-hydrogen) atoms. The molecule has 2 bridgehead atoms. The van der Waals surface area contributed by atoms with Crippen LogP contribution in [0.15, 0.2) is 30.7 Å². The second-order valence-corrected chi connectivity index (χ2v) is 13.4. The first-order valence-electron chi connectivity index (χ1n) is 15.0. The summed E-state index contributed by atoms with van der Waals surface area (Å²) >= 11 is 0. The first kappa shape index (κ1) is 27.4. The van der Waals surface area contributed by atoms with E-state index in [1.165, 1.54) is 0 Å². The lowest BCUT2D eigenvalue weighted by atomic mass is 9.42. The Hall–Kier alpha value is -3.44. The van der Waals surface area contributed by atoms with Gasteiger partial charge in [0, 0.05) is 25.1 Å². The van der Waals surface area contributed by atoms with Crippen LogP contribution in [0.3, 0.4) is 0 Å². The summed E-state index contributed by atoms with van der Waals surface area (Å²) in [7, 11) is 0. The number of carbonyl (C=O) groups excluding carboxylic acids is 2. The molecule has 9 nitrogen and oxygen atoms in total. The Bertz CT molecular complexity index is 1510. The third kappa shape index (κ3) is 4.76. The van der Waals surface area contributed by atoms with Gasteiger partial charge in [0.15, 0.2) is 5.65 Å². The highest BCUT2D eigenvalue weighted by atomic mass is 19.3. The normalized spacial score (nSPS) is 28.1. The predicted molar refractivity (Wildman–Crippen MR) is 146 cm³/mol. The molecule has 0 saturated heterocycles. The number of hydrogen-bond acceptors (Lipinski definition) is 5. The number of rotatable bonds is 9. The summed E-state index contributed by atoms with van der Waals surface area (Å²) in [5, 5.41) is 15.1. The molecule has 5 fully saturated rings. The molecule has 5 aliphatic carbocycles. The average molecular weight is 584 g/mol. The van der Waals surface area contributed by atoms with Gasteiger partial charge in [-0.1, -0.05) is 0 Å². The topological polar surface area (TPSA) is 106 Å². The molecule has 224 valence electrons. The van der Waals surface area contributed by atoms with Crippen LogP contribution in [0.25, 0.3) is 5.65 Å². The highest BCUT2D eigenvalue weighted by Gasteiger charge is 2.73. The number of hydrogen-bond donors (Lipinski definition) is 2. The van der Waals surface area contributed by atoms with Crippen molar-refractivity contribution in [2.45, 2.75) is 101 Å². The monoisotopic (exact) mass is 583 g/mol. The molecule has 5 saturated carbocycles. The van der Waals surface area contributed by atoms with Gasteiger partial charge < -0.3 is 10.6 Å². The second-order valence-electron chi connectivity index (χ2n) is 13.4. The largest absolute Gasteiger partial charge is 0.348 e. The van der Waals surface area contributed by atoms with Crippen molar-refractivity contribution >= 4 is 17.5 Å². The highest BCUT2D eigenvalue weighted by Crippen LogP contribution is 2.69. The van der Waals surface area contributed by atoms with Crippen LogP contribution in [0.5, 0.6) is 0 Å². The predicted octanol–water partition coefficient (Wildman–Crippen LogP) is 5.26. The fourth-order valence-electron chi connectivity index (χ4n) is 7.28. The number of fused-ring (bicyclic) bond motifs is 1. The molecule has 0 radical (unpaired) electrons. The number of alkyl halides is 3. The van der Waals surface area contributed by atoms with Crippen LogP contribution < -0.4 is 10.6 Å². The number of nitrogens with one attached hydrogen (secondary N) is 2. The highest BCUT2D eigenvalue weighted by molar-refractivity contribution is 5.92. The van der Waals surface area contributed by atoms with E-state index in [1.54, 1.807) is 33.9 Å². The minimum absolute atomic E-state index is 0.0296. The fraction of sp³-hybridized carbons (Fsp3) is 0.633. The maximum Gasteiger partial charge on any atom is 0.270 e. The Balaban J connectivity index is 1.16. The van der Waals surface area contributed by atoms with Crippen LogP contribution in [0.4, 0.5) is 13.2 Å². The molecule has 3 aromatic rings. The van der Waals surface area contributed by atoms with E-state index in [1.807, 2.05) is 19.9 Å². The molecule has 1 unspecified atom stereocenters. The van der Waals surface area contributed by atoms with Gasteiger partial charge in [-0.15, -0.1) is 0 Å². The number of carbonyl (C=O) groups is 2. The van der Waals surface area contributed by atoms with E-state index in [9.17, 15) is 22.8 Å². The Morgan fingerprint density at radius 2 is 1.67 bits per heavy atom. The number of imidazole rings is 1. The standard InChI is InChI=1S/C30H36F3N7O2/c1-17(2)40-22(7-10-34-40)26(41)37-25(19-5-8-30(32,33)9-6-19)21-13-39-23(36-21)11-20(12-35-39)24(18-3-4-18)38-27(42)28-14-29(31,15-28)16-28/h7,10-13,17-19,24-25H,3-6,8-9,14-16H2,1-2H3,(H,37,41)(H,38,42)/t24?,25-,28?,29?/m0/s1. The van der Waals surface area contributed by atoms with E-state index in [0.29, 0.717) is 42.2 Å². The van der Waals surface area contributed by atoms with E-state index in [4.69, 9.17) is 4.98 Å². The summed E-state index contributed by atoms with van der Waals surface area (Å²) in [4.78, 5) is 31.3. The molecule has 8 rings (SSSR count). The molecule has 3 aromatic heterocycles. The van der Waals surface area contributed by atoms with Gasteiger partial charge in [-0.05, 0) is 88.3 Å². The second kappa shape index (κ2) is 9.54. The minimum atomic E-state index is -2.71. The molecule has 0 spiro atoms. The Labute approximate surface area is 241 Å². The van der Waals surface area contributed by atoms with E-state index >= 15 is 0 Å². The lowest BCUT2D eigenvalue weighted by Gasteiger charge is -2.64. The Morgan fingerprint density at radius 3 is 2.31 bits per heavy atom. The zero-order chi connectivity index (χ0) is 29.4. The fourth-order valence-corrected chi connectivity index (χ4v) is 7.28. The van der Waals surface area contributed by atoms with Gasteiger partial charge in [0.1, 0.15) is 11.4 Å². The molecule has 0 aliphatic heterocycles. The number of halogens is 3. The van der Waals surface area contributed by atoms with Gasteiger partial charge in [-0.25, -0.2) is 22.7 Å². The van der Waals surface area contributed by atoms with Crippen LogP contribution in [0.2, 0.25) is 0 Å². The Morgan fingerprint density at radius 1 is 0.976 bits per heavy atom.